The van der Waals surface area contributed by atoms with Crippen LogP contribution in [0.25, 0.3) is 0 Å². The van der Waals surface area contributed by atoms with Crippen molar-refractivity contribution in [2.75, 3.05) is 12.4 Å². The molecule has 5 heteroatoms. The van der Waals surface area contributed by atoms with Gasteiger partial charge in [-0.15, -0.1) is 0 Å². The zero-order valence-corrected chi connectivity index (χ0v) is 14.9. The minimum Gasteiger partial charge on any atom is -0.507 e. The van der Waals surface area contributed by atoms with Crippen LogP contribution in [0.4, 0.5) is 5.69 Å². The molecule has 0 aromatic heterocycles. The molecule has 0 unspecified atom stereocenters. The summed E-state index contributed by atoms with van der Waals surface area (Å²) >= 11 is 0. The summed E-state index contributed by atoms with van der Waals surface area (Å²) in [6.45, 7) is 0.428. The fourth-order valence-corrected chi connectivity index (χ4v) is 3.36. The lowest BCUT2D eigenvalue weighted by molar-refractivity contribution is 0.0665. The molecule has 0 aliphatic carbocycles. The molecule has 1 heterocycles. The summed E-state index contributed by atoms with van der Waals surface area (Å²) in [6.07, 6.45) is -0.487. The van der Waals surface area contributed by atoms with E-state index in [1.807, 2.05) is 54.6 Å². The predicted octanol–water partition coefficient (Wildman–Crippen LogP) is 4.17. The third-order valence-electron chi connectivity index (χ3n) is 4.75. The number of phenols is 1. The lowest BCUT2D eigenvalue weighted by Crippen LogP contribution is -2.42. The fraction of sp³-hybridized carbons (Fsp3) is 0.136. The van der Waals surface area contributed by atoms with E-state index in [-0.39, 0.29) is 11.7 Å². The lowest BCUT2D eigenvalue weighted by Gasteiger charge is -2.38. The number of hydrogen-bond acceptors (Lipinski definition) is 4. The molecule has 0 bridgehead atoms. The molecule has 0 fully saturated rings. The number of amides is 1. The maximum Gasteiger partial charge on any atom is 0.258 e. The molecule has 3 aromatic carbocycles. The number of hydrogen-bond donors (Lipinski definition) is 2. The van der Waals surface area contributed by atoms with Crippen LogP contribution in [0.1, 0.15) is 27.7 Å². The Kier molecular flexibility index (Phi) is 4.42. The summed E-state index contributed by atoms with van der Waals surface area (Å²) in [6, 6.07) is 22.4. The number of fused-ring (bicyclic) bond motifs is 1. The molecule has 0 saturated heterocycles. The topological polar surface area (TPSA) is 61.8 Å². The Morgan fingerprint density at radius 2 is 1.78 bits per heavy atom. The normalized spacial score (nSPS) is 15.8. The zero-order valence-electron chi connectivity index (χ0n) is 14.9. The summed E-state index contributed by atoms with van der Waals surface area (Å²) in [4.78, 5) is 15.0. The van der Waals surface area contributed by atoms with Gasteiger partial charge in [0.2, 0.25) is 0 Å². The monoisotopic (exact) mass is 360 g/mol. The highest BCUT2D eigenvalue weighted by atomic mass is 16.5. The van der Waals surface area contributed by atoms with E-state index in [4.69, 9.17) is 4.74 Å². The van der Waals surface area contributed by atoms with Gasteiger partial charge in [-0.2, -0.15) is 0 Å². The highest BCUT2D eigenvalue weighted by Crippen LogP contribution is 2.38. The van der Waals surface area contributed by atoms with Crippen molar-refractivity contribution in [1.29, 1.82) is 0 Å². The SMILES string of the molecule is COc1ccc([C@H]2Nc3ccccc3C(=O)N2Cc2ccccc2)c(O)c1. The maximum atomic E-state index is 13.2. The van der Waals surface area contributed by atoms with E-state index >= 15 is 0 Å². The minimum atomic E-state index is -0.487. The third-order valence-corrected chi connectivity index (χ3v) is 4.75. The van der Waals surface area contributed by atoms with Gasteiger partial charge in [0.1, 0.15) is 17.7 Å². The first kappa shape index (κ1) is 17.0. The predicted molar refractivity (Wildman–Crippen MR) is 104 cm³/mol. The standard InChI is InChI=1S/C22H20N2O3/c1-27-16-11-12-18(20(25)13-16)21-23-19-10-6-5-9-17(19)22(26)24(21)14-15-7-3-2-4-8-15/h2-13,21,23,25H,14H2,1H3/t21-/m0/s1. The number of benzene rings is 3. The van der Waals surface area contributed by atoms with Crippen LogP contribution >= 0.6 is 0 Å². The second-order valence-corrected chi connectivity index (χ2v) is 6.44. The molecule has 5 nitrogen and oxygen atoms in total. The first-order valence-electron chi connectivity index (χ1n) is 8.75. The molecule has 27 heavy (non-hydrogen) atoms. The number of nitrogens with zero attached hydrogens (tertiary/aromatic N) is 1. The lowest BCUT2D eigenvalue weighted by atomic mass is 10.0. The Balaban J connectivity index is 1.78. The van der Waals surface area contributed by atoms with Crippen LogP contribution in [-0.2, 0) is 6.54 Å². The number of carbonyl (C=O) groups excluding carboxylic acids is 1. The van der Waals surface area contributed by atoms with Gasteiger partial charge in [0.15, 0.2) is 0 Å². The van der Waals surface area contributed by atoms with Gasteiger partial charge < -0.3 is 20.1 Å². The van der Waals surface area contributed by atoms with Crippen molar-refractivity contribution in [3.8, 4) is 11.5 Å². The van der Waals surface area contributed by atoms with Crippen molar-refractivity contribution in [3.63, 3.8) is 0 Å². The highest BCUT2D eigenvalue weighted by molar-refractivity contribution is 6.01. The molecule has 1 aliphatic rings. The summed E-state index contributed by atoms with van der Waals surface area (Å²) in [5, 5.41) is 13.9. The Hall–Kier alpha value is -3.47. The second-order valence-electron chi connectivity index (χ2n) is 6.44. The summed E-state index contributed by atoms with van der Waals surface area (Å²) in [5.74, 6) is 0.568. The van der Waals surface area contributed by atoms with Crippen molar-refractivity contribution < 1.29 is 14.6 Å². The smallest absolute Gasteiger partial charge is 0.258 e. The van der Waals surface area contributed by atoms with E-state index in [0.29, 0.717) is 23.4 Å². The van der Waals surface area contributed by atoms with E-state index < -0.39 is 6.17 Å². The Morgan fingerprint density at radius 1 is 1.04 bits per heavy atom. The average molecular weight is 360 g/mol. The number of rotatable bonds is 4. The number of methoxy groups -OCH3 is 1. The largest absolute Gasteiger partial charge is 0.507 e. The number of aromatic hydroxyl groups is 1. The number of ether oxygens (including phenoxy) is 1. The van der Waals surface area contributed by atoms with Gasteiger partial charge in [0, 0.05) is 23.9 Å². The molecule has 0 radical (unpaired) electrons. The van der Waals surface area contributed by atoms with Gasteiger partial charge in [-0.05, 0) is 29.8 Å². The van der Waals surface area contributed by atoms with Gasteiger partial charge in [-0.1, -0.05) is 42.5 Å². The van der Waals surface area contributed by atoms with E-state index in [1.54, 1.807) is 30.2 Å². The maximum absolute atomic E-state index is 13.2. The molecule has 136 valence electrons. The summed E-state index contributed by atoms with van der Waals surface area (Å²) in [7, 11) is 1.55. The molecule has 4 rings (SSSR count). The quantitative estimate of drug-likeness (QED) is 0.733. The number of anilines is 1. The van der Waals surface area contributed by atoms with Gasteiger partial charge in [0.05, 0.1) is 12.7 Å². The van der Waals surface area contributed by atoms with Crippen molar-refractivity contribution in [2.45, 2.75) is 12.7 Å². The number of para-hydroxylation sites is 1. The van der Waals surface area contributed by atoms with Crippen LogP contribution in [0, 0.1) is 0 Å². The summed E-state index contributed by atoms with van der Waals surface area (Å²) < 4.78 is 5.18. The molecular formula is C22H20N2O3. The first-order valence-corrected chi connectivity index (χ1v) is 8.75. The molecule has 2 N–H and O–H groups in total. The van der Waals surface area contributed by atoms with Crippen LogP contribution < -0.4 is 10.1 Å². The van der Waals surface area contributed by atoms with Crippen molar-refractivity contribution in [2.24, 2.45) is 0 Å². The molecule has 1 amide bonds. The van der Waals surface area contributed by atoms with Crippen LogP contribution in [-0.4, -0.2) is 23.0 Å². The fourth-order valence-electron chi connectivity index (χ4n) is 3.36. The molecule has 0 spiro atoms. The molecule has 0 saturated carbocycles. The Bertz CT molecular complexity index is 972. The Morgan fingerprint density at radius 3 is 2.52 bits per heavy atom. The average Bonchev–Trinajstić information content (AvgIpc) is 2.71. The highest BCUT2D eigenvalue weighted by Gasteiger charge is 2.34. The van der Waals surface area contributed by atoms with E-state index in [1.165, 1.54) is 0 Å². The minimum absolute atomic E-state index is 0.0755. The zero-order chi connectivity index (χ0) is 18.8. The number of phenolic OH excluding ortho intramolecular Hbond substituents is 1. The molecular weight excluding hydrogens is 340 g/mol. The van der Waals surface area contributed by atoms with Gasteiger partial charge in [0.25, 0.3) is 5.91 Å². The van der Waals surface area contributed by atoms with Crippen LogP contribution in [0.2, 0.25) is 0 Å². The molecule has 1 atom stereocenters. The van der Waals surface area contributed by atoms with Gasteiger partial charge in [-0.3, -0.25) is 4.79 Å². The number of carbonyl (C=O) groups is 1. The molecule has 1 aliphatic heterocycles. The summed E-state index contributed by atoms with van der Waals surface area (Å²) in [5.41, 5.74) is 3.02. The van der Waals surface area contributed by atoms with Gasteiger partial charge in [-0.25, -0.2) is 0 Å². The molecule has 3 aromatic rings. The van der Waals surface area contributed by atoms with Crippen LogP contribution in [0.15, 0.2) is 72.8 Å². The van der Waals surface area contributed by atoms with Crippen molar-refractivity contribution in [1.82, 2.24) is 4.90 Å². The third kappa shape index (κ3) is 3.19. The first-order chi connectivity index (χ1) is 13.2. The van der Waals surface area contributed by atoms with Crippen LogP contribution in [0.5, 0.6) is 11.5 Å². The van der Waals surface area contributed by atoms with Gasteiger partial charge >= 0.3 is 0 Å². The van der Waals surface area contributed by atoms with Crippen molar-refractivity contribution in [3.05, 3.63) is 89.5 Å². The van der Waals surface area contributed by atoms with E-state index in [2.05, 4.69) is 5.32 Å². The Labute approximate surface area is 157 Å². The van der Waals surface area contributed by atoms with E-state index in [0.717, 1.165) is 11.3 Å². The van der Waals surface area contributed by atoms with Crippen molar-refractivity contribution >= 4 is 11.6 Å². The van der Waals surface area contributed by atoms with E-state index in [9.17, 15) is 9.90 Å². The van der Waals surface area contributed by atoms with Crippen LogP contribution in [0.3, 0.4) is 0 Å². The second kappa shape index (κ2) is 7.03. The number of nitrogens with one attached hydrogen (secondary N) is 1.